The van der Waals surface area contributed by atoms with Crippen LogP contribution in [0, 0.1) is 5.41 Å². The lowest BCUT2D eigenvalue weighted by Crippen LogP contribution is -2.49. The van der Waals surface area contributed by atoms with Gasteiger partial charge in [-0.1, -0.05) is 0 Å². The number of nitrogens with two attached hydrogens (primary N) is 1. The summed E-state index contributed by atoms with van der Waals surface area (Å²) in [7, 11) is 4.18. The fourth-order valence-electron chi connectivity index (χ4n) is 2.51. The van der Waals surface area contributed by atoms with E-state index >= 15 is 0 Å². The molecule has 5 heteroatoms. The Morgan fingerprint density at radius 3 is 2.71 bits per heavy atom. The first-order chi connectivity index (χ1) is 7.86. The molecule has 1 saturated heterocycles. The Balaban J connectivity index is 2.57. The summed E-state index contributed by atoms with van der Waals surface area (Å²) in [5, 5.41) is 0. The van der Waals surface area contributed by atoms with Gasteiger partial charge in [-0.3, -0.25) is 15.1 Å². The summed E-state index contributed by atoms with van der Waals surface area (Å²) in [6.45, 7) is 6.80. The van der Waals surface area contributed by atoms with Gasteiger partial charge in [0.1, 0.15) is 0 Å². The predicted molar refractivity (Wildman–Crippen MR) is 69.3 cm³/mol. The molecule has 0 spiro atoms. The van der Waals surface area contributed by atoms with Gasteiger partial charge in [0.25, 0.3) is 0 Å². The molecule has 1 rings (SSSR count). The Hall–Kier alpha value is -0.650. The summed E-state index contributed by atoms with van der Waals surface area (Å²) in [4.78, 5) is 16.3. The van der Waals surface area contributed by atoms with E-state index in [0.717, 1.165) is 19.6 Å². The molecule has 0 saturated carbocycles. The van der Waals surface area contributed by atoms with Crippen molar-refractivity contribution in [2.75, 3.05) is 33.7 Å². The van der Waals surface area contributed by atoms with E-state index in [4.69, 9.17) is 5.84 Å². The molecule has 0 aromatic heterocycles. The molecule has 1 heterocycles. The van der Waals surface area contributed by atoms with Crippen molar-refractivity contribution < 1.29 is 4.79 Å². The van der Waals surface area contributed by atoms with Crippen LogP contribution in [-0.2, 0) is 4.79 Å². The van der Waals surface area contributed by atoms with E-state index in [1.165, 1.54) is 12.8 Å². The van der Waals surface area contributed by atoms with E-state index in [1.807, 2.05) is 13.8 Å². The highest BCUT2D eigenvalue weighted by Crippen LogP contribution is 2.24. The van der Waals surface area contributed by atoms with Crippen LogP contribution in [0.4, 0.5) is 0 Å². The summed E-state index contributed by atoms with van der Waals surface area (Å²) in [5.41, 5.74) is 1.83. The summed E-state index contributed by atoms with van der Waals surface area (Å²) in [6.07, 6.45) is 2.44. The second-order valence-corrected chi connectivity index (χ2v) is 5.89. The van der Waals surface area contributed by atoms with Crippen molar-refractivity contribution in [1.29, 1.82) is 0 Å². The number of carbonyl (C=O) groups is 1. The number of hydrogen-bond donors (Lipinski definition) is 2. The average Bonchev–Trinajstić information content (AvgIpc) is 2.63. The van der Waals surface area contributed by atoms with Crippen LogP contribution in [0.3, 0.4) is 0 Å². The summed E-state index contributed by atoms with van der Waals surface area (Å²) in [6, 6.07) is 0.565. The number of hydrogen-bond acceptors (Lipinski definition) is 4. The molecule has 5 nitrogen and oxygen atoms in total. The summed E-state index contributed by atoms with van der Waals surface area (Å²) >= 11 is 0. The fourth-order valence-corrected chi connectivity index (χ4v) is 2.51. The number of nitrogens with zero attached hydrogens (tertiary/aromatic N) is 2. The highest BCUT2D eigenvalue weighted by Gasteiger charge is 2.34. The van der Waals surface area contributed by atoms with Crippen LogP contribution in [-0.4, -0.2) is 55.5 Å². The Kier molecular flexibility index (Phi) is 4.91. The van der Waals surface area contributed by atoms with E-state index in [0.29, 0.717) is 6.04 Å². The van der Waals surface area contributed by atoms with Gasteiger partial charge < -0.3 is 4.90 Å². The number of hydrazine groups is 1. The first kappa shape index (κ1) is 14.4. The van der Waals surface area contributed by atoms with E-state index in [1.54, 1.807) is 0 Å². The molecule has 0 aliphatic carbocycles. The van der Waals surface area contributed by atoms with Gasteiger partial charge in [-0.2, -0.15) is 0 Å². The van der Waals surface area contributed by atoms with Crippen molar-refractivity contribution in [3.05, 3.63) is 0 Å². The minimum atomic E-state index is -0.427. The Labute approximate surface area is 104 Å². The molecule has 1 fully saturated rings. The minimum Gasteiger partial charge on any atom is -0.308 e. The molecule has 1 aliphatic heterocycles. The number of likely N-dealkylation sites (tertiary alicyclic amines) is 1. The molecule has 0 aromatic carbocycles. The largest absolute Gasteiger partial charge is 0.308 e. The molecule has 1 aliphatic rings. The highest BCUT2D eigenvalue weighted by molar-refractivity contribution is 5.81. The Bertz CT molecular complexity index is 265. The topological polar surface area (TPSA) is 61.6 Å². The maximum Gasteiger partial charge on any atom is 0.240 e. The number of rotatable bonds is 5. The van der Waals surface area contributed by atoms with Crippen LogP contribution < -0.4 is 11.3 Å². The van der Waals surface area contributed by atoms with Crippen molar-refractivity contribution in [2.24, 2.45) is 11.3 Å². The van der Waals surface area contributed by atoms with Gasteiger partial charge in [-0.25, -0.2) is 5.84 Å². The third-order valence-electron chi connectivity index (χ3n) is 3.42. The first-order valence-electron chi connectivity index (χ1n) is 6.26. The SMILES string of the molecule is CN(C)CC1CCCN1CC(C)(C)C(=O)NN. The maximum atomic E-state index is 11.7. The van der Waals surface area contributed by atoms with E-state index in [9.17, 15) is 4.79 Å². The summed E-state index contributed by atoms with van der Waals surface area (Å²) in [5.74, 6) is 5.13. The van der Waals surface area contributed by atoms with E-state index < -0.39 is 5.41 Å². The van der Waals surface area contributed by atoms with Gasteiger partial charge >= 0.3 is 0 Å². The van der Waals surface area contributed by atoms with Gasteiger partial charge in [-0.05, 0) is 47.3 Å². The fraction of sp³-hybridized carbons (Fsp3) is 0.917. The van der Waals surface area contributed by atoms with Crippen LogP contribution >= 0.6 is 0 Å². The van der Waals surface area contributed by atoms with Crippen molar-refractivity contribution >= 4 is 5.91 Å². The first-order valence-corrected chi connectivity index (χ1v) is 6.26. The zero-order valence-corrected chi connectivity index (χ0v) is 11.5. The smallest absolute Gasteiger partial charge is 0.240 e. The van der Waals surface area contributed by atoms with Gasteiger partial charge in [0.2, 0.25) is 5.91 Å². The molecule has 1 atom stereocenters. The van der Waals surface area contributed by atoms with E-state index in [2.05, 4.69) is 29.3 Å². The van der Waals surface area contributed by atoms with Gasteiger partial charge in [0.05, 0.1) is 5.41 Å². The van der Waals surface area contributed by atoms with Crippen molar-refractivity contribution in [3.63, 3.8) is 0 Å². The Morgan fingerprint density at radius 2 is 2.18 bits per heavy atom. The number of likely N-dealkylation sites (N-methyl/N-ethyl adjacent to an activating group) is 1. The van der Waals surface area contributed by atoms with Crippen LogP contribution in [0.2, 0.25) is 0 Å². The third-order valence-corrected chi connectivity index (χ3v) is 3.42. The van der Waals surface area contributed by atoms with E-state index in [-0.39, 0.29) is 5.91 Å². The highest BCUT2D eigenvalue weighted by atomic mass is 16.2. The number of amides is 1. The molecule has 0 bridgehead atoms. The monoisotopic (exact) mass is 242 g/mol. The zero-order chi connectivity index (χ0) is 13.1. The average molecular weight is 242 g/mol. The molecular formula is C12H26N4O. The second-order valence-electron chi connectivity index (χ2n) is 5.89. The quantitative estimate of drug-likeness (QED) is 0.406. The lowest BCUT2D eigenvalue weighted by Gasteiger charge is -2.33. The molecule has 3 N–H and O–H groups in total. The summed E-state index contributed by atoms with van der Waals surface area (Å²) < 4.78 is 0. The Morgan fingerprint density at radius 1 is 1.53 bits per heavy atom. The normalized spacial score (nSPS) is 22.1. The van der Waals surface area contributed by atoms with Gasteiger partial charge in [0, 0.05) is 19.1 Å². The van der Waals surface area contributed by atoms with Crippen molar-refractivity contribution in [2.45, 2.75) is 32.7 Å². The predicted octanol–water partition coefficient (Wildman–Crippen LogP) is 0.0285. The minimum absolute atomic E-state index is 0.0898. The number of nitrogens with one attached hydrogen (secondary N) is 1. The zero-order valence-electron chi connectivity index (χ0n) is 11.5. The third kappa shape index (κ3) is 3.94. The molecule has 0 radical (unpaired) electrons. The van der Waals surface area contributed by atoms with Gasteiger partial charge in [0.15, 0.2) is 0 Å². The van der Waals surface area contributed by atoms with Gasteiger partial charge in [-0.15, -0.1) is 0 Å². The van der Waals surface area contributed by atoms with Crippen LogP contribution in [0.1, 0.15) is 26.7 Å². The molecule has 17 heavy (non-hydrogen) atoms. The maximum absolute atomic E-state index is 11.7. The van der Waals surface area contributed by atoms with Crippen LogP contribution in [0.5, 0.6) is 0 Å². The lowest BCUT2D eigenvalue weighted by atomic mass is 9.91. The van der Waals surface area contributed by atoms with Crippen LogP contribution in [0.15, 0.2) is 0 Å². The molecule has 1 unspecified atom stereocenters. The second kappa shape index (κ2) is 5.80. The lowest BCUT2D eigenvalue weighted by molar-refractivity contribution is -0.130. The van der Waals surface area contributed by atoms with Crippen molar-refractivity contribution in [3.8, 4) is 0 Å². The number of carbonyl (C=O) groups excluding carboxylic acids is 1. The molecule has 1 amide bonds. The standard InChI is InChI=1S/C12H26N4O/c1-12(2,11(17)14-13)9-16-7-5-6-10(16)8-15(3)4/h10H,5-9,13H2,1-4H3,(H,14,17). The van der Waals surface area contributed by atoms with Crippen molar-refractivity contribution in [1.82, 2.24) is 15.2 Å². The molecular weight excluding hydrogens is 216 g/mol. The molecule has 100 valence electrons. The molecule has 0 aromatic rings. The van der Waals surface area contributed by atoms with Crippen LogP contribution in [0.25, 0.3) is 0 Å².